The molecule has 0 radical (unpaired) electrons. The van der Waals surface area contributed by atoms with Crippen molar-refractivity contribution >= 4 is 11.7 Å². The molecule has 2 aliphatic rings. The van der Waals surface area contributed by atoms with E-state index in [1.165, 1.54) is 12.8 Å². The minimum atomic E-state index is -0.0591. The summed E-state index contributed by atoms with van der Waals surface area (Å²) in [6, 6.07) is -0.0591. The Labute approximate surface area is 109 Å². The lowest BCUT2D eigenvalue weighted by atomic mass is 10.1. The van der Waals surface area contributed by atoms with Gasteiger partial charge in [0.15, 0.2) is 0 Å². The first-order valence-electron chi connectivity index (χ1n) is 7.23. The number of carbonyl (C=O) groups excluding carboxylic acids is 2. The van der Waals surface area contributed by atoms with Crippen LogP contribution in [0.4, 0.5) is 0 Å². The third kappa shape index (κ3) is 3.31. The molecule has 0 aromatic heterocycles. The summed E-state index contributed by atoms with van der Waals surface area (Å²) < 4.78 is 0. The van der Waals surface area contributed by atoms with Gasteiger partial charge in [-0.3, -0.25) is 14.5 Å². The van der Waals surface area contributed by atoms with Crippen LogP contribution in [-0.4, -0.2) is 53.7 Å². The second-order valence-corrected chi connectivity index (χ2v) is 5.49. The molecule has 0 spiro atoms. The summed E-state index contributed by atoms with van der Waals surface area (Å²) in [5.41, 5.74) is 0. The van der Waals surface area contributed by atoms with Crippen molar-refractivity contribution in [3.05, 3.63) is 0 Å². The Morgan fingerprint density at radius 2 is 1.56 bits per heavy atom. The Balaban J connectivity index is 1.88. The quantitative estimate of drug-likeness (QED) is 0.746. The van der Waals surface area contributed by atoms with Gasteiger partial charge >= 0.3 is 0 Å². The van der Waals surface area contributed by atoms with Gasteiger partial charge in [0, 0.05) is 39.0 Å². The van der Waals surface area contributed by atoms with Crippen LogP contribution in [0.25, 0.3) is 0 Å². The van der Waals surface area contributed by atoms with E-state index in [4.69, 9.17) is 0 Å². The van der Waals surface area contributed by atoms with Crippen molar-refractivity contribution < 1.29 is 9.59 Å². The van der Waals surface area contributed by atoms with Crippen LogP contribution >= 0.6 is 0 Å². The van der Waals surface area contributed by atoms with Gasteiger partial charge in [0.2, 0.25) is 5.91 Å². The molecule has 1 unspecified atom stereocenters. The van der Waals surface area contributed by atoms with Crippen molar-refractivity contribution in [3.8, 4) is 0 Å². The van der Waals surface area contributed by atoms with Crippen molar-refractivity contribution in [1.82, 2.24) is 9.80 Å². The van der Waals surface area contributed by atoms with Gasteiger partial charge in [-0.15, -0.1) is 0 Å². The summed E-state index contributed by atoms with van der Waals surface area (Å²) in [4.78, 5) is 27.8. The molecule has 2 saturated heterocycles. The Morgan fingerprint density at radius 3 is 2.11 bits per heavy atom. The van der Waals surface area contributed by atoms with E-state index in [2.05, 4.69) is 4.90 Å². The summed E-state index contributed by atoms with van der Waals surface area (Å²) in [5, 5.41) is 0. The van der Waals surface area contributed by atoms with Crippen molar-refractivity contribution in [2.75, 3.05) is 26.2 Å². The lowest BCUT2D eigenvalue weighted by Crippen LogP contribution is -2.50. The number of carbonyl (C=O) groups is 2. The number of amides is 1. The van der Waals surface area contributed by atoms with Crippen LogP contribution < -0.4 is 0 Å². The van der Waals surface area contributed by atoms with Gasteiger partial charge in [0.25, 0.3) is 0 Å². The first-order chi connectivity index (χ1) is 8.68. The van der Waals surface area contributed by atoms with E-state index in [-0.39, 0.29) is 11.9 Å². The second kappa shape index (κ2) is 6.32. The predicted octanol–water partition coefficient (Wildman–Crippen LogP) is 1.44. The van der Waals surface area contributed by atoms with E-state index < -0.39 is 0 Å². The van der Waals surface area contributed by atoms with Crippen LogP contribution in [0.15, 0.2) is 0 Å². The highest BCUT2D eigenvalue weighted by molar-refractivity contribution is 5.83. The van der Waals surface area contributed by atoms with Crippen LogP contribution in [0.1, 0.15) is 45.4 Å². The van der Waals surface area contributed by atoms with Crippen LogP contribution in [0.5, 0.6) is 0 Å². The fraction of sp³-hybridized carbons (Fsp3) is 0.857. The zero-order chi connectivity index (χ0) is 13.0. The molecule has 1 amide bonds. The molecule has 2 fully saturated rings. The topological polar surface area (TPSA) is 40.6 Å². The van der Waals surface area contributed by atoms with Gasteiger partial charge in [-0.25, -0.2) is 0 Å². The summed E-state index contributed by atoms with van der Waals surface area (Å²) in [6.45, 7) is 5.31. The van der Waals surface area contributed by atoms with E-state index in [0.717, 1.165) is 39.0 Å². The molecule has 18 heavy (non-hydrogen) atoms. The molecule has 0 bridgehead atoms. The molecule has 0 N–H and O–H groups in total. The fourth-order valence-electron chi connectivity index (χ4n) is 2.87. The summed E-state index contributed by atoms with van der Waals surface area (Å²) in [6.07, 6.45) is 5.98. The molecule has 2 rings (SSSR count). The average molecular weight is 252 g/mol. The molecule has 0 aliphatic carbocycles. The maximum Gasteiger partial charge on any atom is 0.239 e. The zero-order valence-corrected chi connectivity index (χ0v) is 11.4. The SMILES string of the molecule is CC(C(=O)N1CCCCCC1)N1CCC(=O)CC1. The molecule has 1 atom stereocenters. The Bertz CT molecular complexity index is 299. The highest BCUT2D eigenvalue weighted by atomic mass is 16.2. The number of ketones is 1. The van der Waals surface area contributed by atoms with Crippen LogP contribution in [0.2, 0.25) is 0 Å². The summed E-state index contributed by atoms with van der Waals surface area (Å²) in [5.74, 6) is 0.590. The molecule has 0 saturated carbocycles. The average Bonchev–Trinajstić information content (AvgIpc) is 2.67. The van der Waals surface area contributed by atoms with Crippen molar-refractivity contribution in [1.29, 1.82) is 0 Å². The molecular formula is C14H24N2O2. The van der Waals surface area contributed by atoms with E-state index in [9.17, 15) is 9.59 Å². The highest BCUT2D eigenvalue weighted by Crippen LogP contribution is 2.15. The normalized spacial score (nSPS) is 24.7. The van der Waals surface area contributed by atoms with Gasteiger partial charge < -0.3 is 4.90 Å². The van der Waals surface area contributed by atoms with Crippen molar-refractivity contribution in [2.24, 2.45) is 0 Å². The molecule has 4 heteroatoms. The van der Waals surface area contributed by atoms with Crippen molar-refractivity contribution in [3.63, 3.8) is 0 Å². The van der Waals surface area contributed by atoms with E-state index in [1.807, 2.05) is 11.8 Å². The van der Waals surface area contributed by atoms with Crippen LogP contribution in [0, 0.1) is 0 Å². The van der Waals surface area contributed by atoms with Crippen LogP contribution in [0.3, 0.4) is 0 Å². The monoisotopic (exact) mass is 252 g/mol. The molecule has 4 nitrogen and oxygen atoms in total. The lowest BCUT2D eigenvalue weighted by Gasteiger charge is -2.34. The number of Topliss-reactive ketones (excluding diaryl/α,β-unsaturated/α-hetero) is 1. The summed E-state index contributed by atoms with van der Waals surface area (Å²) >= 11 is 0. The van der Waals surface area contributed by atoms with Gasteiger partial charge in [-0.2, -0.15) is 0 Å². The Kier molecular flexibility index (Phi) is 4.75. The number of piperidine rings is 1. The summed E-state index contributed by atoms with van der Waals surface area (Å²) in [7, 11) is 0. The Hall–Kier alpha value is -0.900. The number of hydrogen-bond donors (Lipinski definition) is 0. The maximum atomic E-state index is 12.4. The molecule has 0 aromatic carbocycles. The molecule has 2 aliphatic heterocycles. The number of nitrogens with zero attached hydrogens (tertiary/aromatic N) is 2. The van der Waals surface area contributed by atoms with Crippen molar-refractivity contribution in [2.45, 2.75) is 51.5 Å². The van der Waals surface area contributed by atoms with E-state index >= 15 is 0 Å². The molecule has 0 aromatic rings. The number of hydrogen-bond acceptors (Lipinski definition) is 3. The minimum absolute atomic E-state index is 0.0591. The third-order valence-electron chi connectivity index (χ3n) is 4.18. The first-order valence-corrected chi connectivity index (χ1v) is 7.23. The van der Waals surface area contributed by atoms with E-state index in [0.29, 0.717) is 18.6 Å². The third-order valence-corrected chi connectivity index (χ3v) is 4.18. The smallest absolute Gasteiger partial charge is 0.239 e. The fourth-order valence-corrected chi connectivity index (χ4v) is 2.87. The van der Waals surface area contributed by atoms with Gasteiger partial charge in [-0.05, 0) is 19.8 Å². The minimum Gasteiger partial charge on any atom is -0.341 e. The van der Waals surface area contributed by atoms with Gasteiger partial charge in [0.1, 0.15) is 5.78 Å². The van der Waals surface area contributed by atoms with E-state index in [1.54, 1.807) is 0 Å². The molecule has 2 heterocycles. The molecular weight excluding hydrogens is 228 g/mol. The largest absolute Gasteiger partial charge is 0.341 e. The van der Waals surface area contributed by atoms with Gasteiger partial charge in [0.05, 0.1) is 6.04 Å². The zero-order valence-electron chi connectivity index (χ0n) is 11.4. The lowest BCUT2D eigenvalue weighted by molar-refractivity contribution is -0.138. The van der Waals surface area contributed by atoms with Gasteiger partial charge in [-0.1, -0.05) is 12.8 Å². The number of rotatable bonds is 2. The highest BCUT2D eigenvalue weighted by Gasteiger charge is 2.28. The molecule has 102 valence electrons. The number of likely N-dealkylation sites (tertiary alicyclic amines) is 2. The maximum absolute atomic E-state index is 12.4. The predicted molar refractivity (Wildman–Crippen MR) is 70.3 cm³/mol. The standard InChI is InChI=1S/C14H24N2O2/c1-12(15-10-6-13(17)7-11-15)14(18)16-8-4-2-3-5-9-16/h12H,2-11H2,1H3. The first kappa shape index (κ1) is 13.5. The Morgan fingerprint density at radius 1 is 1.00 bits per heavy atom. The second-order valence-electron chi connectivity index (χ2n) is 5.49. The van der Waals surface area contributed by atoms with Crippen LogP contribution in [-0.2, 0) is 9.59 Å².